The maximum atomic E-state index is 12.1. The lowest BCUT2D eigenvalue weighted by Gasteiger charge is -2.13. The number of urea groups is 1. The fourth-order valence-corrected chi connectivity index (χ4v) is 3.33. The first-order valence-corrected chi connectivity index (χ1v) is 8.51. The Balaban J connectivity index is 1.30. The minimum Gasteiger partial charge on any atom is -0.344 e. The predicted molar refractivity (Wildman–Crippen MR) is 92.4 cm³/mol. The highest BCUT2D eigenvalue weighted by Crippen LogP contribution is 2.40. The van der Waals surface area contributed by atoms with Gasteiger partial charge in [0.15, 0.2) is 0 Å². The van der Waals surface area contributed by atoms with Gasteiger partial charge in [0.2, 0.25) is 5.91 Å². The first-order chi connectivity index (χ1) is 12.1. The average Bonchev–Trinajstić information content (AvgIpc) is 3.04. The van der Waals surface area contributed by atoms with Gasteiger partial charge in [-0.3, -0.25) is 4.79 Å². The van der Waals surface area contributed by atoms with E-state index in [0.29, 0.717) is 18.9 Å². The lowest BCUT2D eigenvalue weighted by Crippen LogP contribution is -2.44. The Kier molecular flexibility index (Phi) is 3.91. The van der Waals surface area contributed by atoms with Crippen LogP contribution >= 0.6 is 0 Å². The summed E-state index contributed by atoms with van der Waals surface area (Å²) in [5.74, 6) is 0.374. The van der Waals surface area contributed by atoms with Crippen LogP contribution < -0.4 is 10.6 Å². The molecule has 2 heterocycles. The van der Waals surface area contributed by atoms with E-state index in [1.54, 1.807) is 11.9 Å². The van der Waals surface area contributed by atoms with Crippen LogP contribution in [0.5, 0.6) is 0 Å². The third-order valence-corrected chi connectivity index (χ3v) is 4.83. The number of nitrogens with one attached hydrogen (secondary N) is 2. The van der Waals surface area contributed by atoms with E-state index in [2.05, 4.69) is 15.7 Å². The van der Waals surface area contributed by atoms with Crippen molar-refractivity contribution >= 4 is 11.9 Å². The van der Waals surface area contributed by atoms with Crippen molar-refractivity contribution in [2.45, 2.75) is 30.8 Å². The second-order valence-electron chi connectivity index (χ2n) is 6.80. The summed E-state index contributed by atoms with van der Waals surface area (Å²) in [6, 6.07) is 9.78. The molecule has 1 aromatic heterocycles. The number of nitrogens with zero attached hydrogens (tertiary/aromatic N) is 3. The molecule has 3 atom stereocenters. The van der Waals surface area contributed by atoms with Gasteiger partial charge in [-0.15, -0.1) is 0 Å². The van der Waals surface area contributed by atoms with E-state index < -0.39 is 0 Å². The van der Waals surface area contributed by atoms with Crippen molar-refractivity contribution in [3.05, 3.63) is 48.3 Å². The largest absolute Gasteiger partial charge is 0.344 e. The Morgan fingerprint density at radius 3 is 2.76 bits per heavy atom. The van der Waals surface area contributed by atoms with Crippen molar-refractivity contribution in [2.24, 2.45) is 0 Å². The second kappa shape index (κ2) is 6.23. The zero-order valence-electron chi connectivity index (χ0n) is 14.1. The van der Waals surface area contributed by atoms with Gasteiger partial charge in [0.25, 0.3) is 0 Å². The van der Waals surface area contributed by atoms with Gasteiger partial charge in [-0.05, 0) is 24.1 Å². The zero-order valence-corrected chi connectivity index (χ0v) is 14.1. The van der Waals surface area contributed by atoms with Gasteiger partial charge in [-0.25, -0.2) is 9.48 Å². The topological polar surface area (TPSA) is 79.3 Å². The Morgan fingerprint density at radius 2 is 2.04 bits per heavy atom. The summed E-state index contributed by atoms with van der Waals surface area (Å²) in [4.78, 5) is 25.2. The van der Waals surface area contributed by atoms with Crippen LogP contribution in [-0.2, 0) is 4.79 Å². The lowest BCUT2D eigenvalue weighted by molar-refractivity contribution is -0.126. The zero-order chi connectivity index (χ0) is 17.4. The van der Waals surface area contributed by atoms with Crippen LogP contribution in [0.4, 0.5) is 4.79 Å². The fourth-order valence-electron chi connectivity index (χ4n) is 3.33. The first-order valence-electron chi connectivity index (χ1n) is 8.51. The molecule has 0 radical (unpaired) electrons. The van der Waals surface area contributed by atoms with E-state index in [4.69, 9.17) is 0 Å². The highest BCUT2D eigenvalue weighted by molar-refractivity contribution is 5.81. The maximum Gasteiger partial charge on any atom is 0.315 e. The second-order valence-corrected chi connectivity index (χ2v) is 6.80. The molecule has 130 valence electrons. The molecule has 0 bridgehead atoms. The minimum absolute atomic E-state index is 0.0722. The third kappa shape index (κ3) is 3.35. The molecule has 7 nitrogen and oxygen atoms in total. The quantitative estimate of drug-likeness (QED) is 0.880. The summed E-state index contributed by atoms with van der Waals surface area (Å²) in [7, 11) is 1.75. The van der Waals surface area contributed by atoms with Crippen molar-refractivity contribution in [1.82, 2.24) is 25.3 Å². The van der Waals surface area contributed by atoms with E-state index in [1.807, 2.05) is 47.4 Å². The number of carbonyl (C=O) groups is 2. The Morgan fingerprint density at radius 1 is 1.24 bits per heavy atom. The van der Waals surface area contributed by atoms with Gasteiger partial charge >= 0.3 is 6.03 Å². The number of hydrogen-bond donors (Lipinski definition) is 2. The highest BCUT2D eigenvalue weighted by atomic mass is 16.2. The number of likely N-dealkylation sites (tertiary alicyclic amines) is 1. The molecular weight excluding hydrogens is 318 g/mol. The number of hydrogen-bond acceptors (Lipinski definition) is 3. The molecule has 2 aromatic rings. The molecule has 0 unspecified atom stereocenters. The molecule has 1 saturated heterocycles. The molecule has 0 spiro atoms. The smallest absolute Gasteiger partial charge is 0.315 e. The van der Waals surface area contributed by atoms with Gasteiger partial charge in [0.05, 0.1) is 17.9 Å². The molecule has 3 amide bonds. The van der Waals surface area contributed by atoms with Gasteiger partial charge < -0.3 is 15.5 Å². The Labute approximate surface area is 146 Å². The molecule has 1 saturated carbocycles. The molecule has 2 aliphatic rings. The predicted octanol–water partition coefficient (Wildman–Crippen LogP) is 1.26. The molecule has 2 N–H and O–H groups in total. The van der Waals surface area contributed by atoms with Crippen molar-refractivity contribution in [3.63, 3.8) is 0 Å². The number of likely N-dealkylation sites (N-methyl/N-ethyl adjacent to an activating group) is 1. The summed E-state index contributed by atoms with van der Waals surface area (Å²) in [5.41, 5.74) is 2.15. The van der Waals surface area contributed by atoms with Crippen LogP contribution in [0.3, 0.4) is 0 Å². The van der Waals surface area contributed by atoms with Crippen LogP contribution in [0, 0.1) is 0 Å². The Hall–Kier alpha value is -2.83. The number of aromatic nitrogens is 2. The summed E-state index contributed by atoms with van der Waals surface area (Å²) in [6.07, 6.45) is 5.17. The molecule has 1 aliphatic carbocycles. The van der Waals surface area contributed by atoms with Crippen molar-refractivity contribution in [1.29, 1.82) is 0 Å². The summed E-state index contributed by atoms with van der Waals surface area (Å²) in [6.45, 7) is 0.574. The van der Waals surface area contributed by atoms with Crippen molar-refractivity contribution in [3.8, 4) is 5.69 Å². The third-order valence-electron chi connectivity index (χ3n) is 4.83. The van der Waals surface area contributed by atoms with Crippen LogP contribution in [0.1, 0.15) is 24.3 Å². The maximum absolute atomic E-state index is 12.1. The number of rotatable bonds is 4. The molecule has 25 heavy (non-hydrogen) atoms. The van der Waals surface area contributed by atoms with Crippen molar-refractivity contribution in [2.75, 3.05) is 13.6 Å². The van der Waals surface area contributed by atoms with Crippen LogP contribution in [0.2, 0.25) is 0 Å². The van der Waals surface area contributed by atoms with Crippen LogP contribution in [0.15, 0.2) is 42.7 Å². The molecule has 4 rings (SSSR count). The minimum atomic E-state index is -0.198. The number of benzene rings is 1. The van der Waals surface area contributed by atoms with Gasteiger partial charge in [-0.2, -0.15) is 5.10 Å². The number of amides is 3. The normalized spacial score (nSPS) is 25.1. The average molecular weight is 339 g/mol. The monoisotopic (exact) mass is 339 g/mol. The highest BCUT2D eigenvalue weighted by Gasteiger charge is 2.41. The van der Waals surface area contributed by atoms with E-state index in [9.17, 15) is 9.59 Å². The van der Waals surface area contributed by atoms with Gasteiger partial charge in [-0.1, -0.05) is 18.2 Å². The molecule has 1 aliphatic heterocycles. The van der Waals surface area contributed by atoms with Gasteiger partial charge in [0, 0.05) is 38.2 Å². The summed E-state index contributed by atoms with van der Waals surface area (Å²) < 4.78 is 1.85. The lowest BCUT2D eigenvalue weighted by atomic mass is 10.2. The molecular formula is C18H21N5O2. The SMILES string of the molecule is CN1C[C@@H](NC(=O)N[C@@H]2C[C@H]2c2cnn(-c3ccccc3)c2)CC1=O. The molecule has 1 aromatic carbocycles. The standard InChI is InChI=1S/C18H21N5O2/c1-22-11-13(7-17(22)24)20-18(25)21-16-8-15(16)12-9-19-23(10-12)14-5-3-2-4-6-14/h2-6,9-10,13,15-16H,7-8,11H2,1H3,(H2,20,21,25)/t13-,15-,16+/m0/s1. The van der Waals surface area contributed by atoms with E-state index in [-0.39, 0.29) is 24.0 Å². The Bertz CT molecular complexity index is 788. The molecule has 2 fully saturated rings. The fraction of sp³-hybridized carbons (Fsp3) is 0.389. The number of carbonyl (C=O) groups excluding carboxylic acids is 2. The van der Waals surface area contributed by atoms with Crippen LogP contribution in [-0.4, -0.2) is 52.3 Å². The number of para-hydroxylation sites is 1. The molecule has 7 heteroatoms. The first kappa shape index (κ1) is 15.7. The van der Waals surface area contributed by atoms with Gasteiger partial charge in [0.1, 0.15) is 0 Å². The summed E-state index contributed by atoms with van der Waals surface area (Å²) >= 11 is 0. The van der Waals surface area contributed by atoms with E-state index >= 15 is 0 Å². The van der Waals surface area contributed by atoms with Crippen molar-refractivity contribution < 1.29 is 9.59 Å². The van der Waals surface area contributed by atoms with Crippen LogP contribution in [0.25, 0.3) is 5.69 Å². The van der Waals surface area contributed by atoms with E-state index in [0.717, 1.165) is 17.7 Å². The van der Waals surface area contributed by atoms with E-state index in [1.165, 1.54) is 0 Å². The summed E-state index contributed by atoms with van der Waals surface area (Å²) in [5, 5.41) is 10.3.